The summed E-state index contributed by atoms with van der Waals surface area (Å²) in [6.45, 7) is 1.39. The number of aryl methyl sites for hydroxylation is 1. The summed E-state index contributed by atoms with van der Waals surface area (Å²) in [5.41, 5.74) is 0.607. The smallest absolute Gasteiger partial charge is 0.254 e. The quantitative estimate of drug-likeness (QED) is 0.799. The van der Waals surface area contributed by atoms with Gasteiger partial charge >= 0.3 is 0 Å². The van der Waals surface area contributed by atoms with Gasteiger partial charge in [-0.1, -0.05) is 19.3 Å². The zero-order valence-corrected chi connectivity index (χ0v) is 11.6. The van der Waals surface area contributed by atoms with Gasteiger partial charge in [-0.3, -0.25) is 9.48 Å². The van der Waals surface area contributed by atoms with E-state index >= 15 is 0 Å². The summed E-state index contributed by atoms with van der Waals surface area (Å²) in [5, 5.41) is 6.85. The van der Waals surface area contributed by atoms with Gasteiger partial charge in [0.25, 0.3) is 5.91 Å². The number of carbonyl (C=O) groups is 1. The van der Waals surface area contributed by atoms with Crippen LogP contribution in [0, 0.1) is 0 Å². The summed E-state index contributed by atoms with van der Waals surface area (Å²) in [7, 11) is 1.80. The Morgan fingerprint density at radius 2 is 2.26 bits per heavy atom. The summed E-state index contributed by atoms with van der Waals surface area (Å²) in [6, 6.07) is 0. The largest absolute Gasteiger partial charge is 0.378 e. The summed E-state index contributed by atoms with van der Waals surface area (Å²) < 4.78 is 7.43. The number of nitrogens with zero attached hydrogens (tertiary/aromatic N) is 2. The Morgan fingerprint density at radius 3 is 2.95 bits per heavy atom. The Kier molecular flexibility index (Phi) is 5.39. The van der Waals surface area contributed by atoms with Gasteiger partial charge in [0.05, 0.1) is 17.9 Å². The first-order chi connectivity index (χ1) is 9.25. The Balaban J connectivity index is 1.55. The van der Waals surface area contributed by atoms with Gasteiger partial charge in [-0.15, -0.1) is 0 Å². The molecule has 0 aromatic carbocycles. The topological polar surface area (TPSA) is 56.2 Å². The highest BCUT2D eigenvalue weighted by Crippen LogP contribution is 2.20. The van der Waals surface area contributed by atoms with Crippen LogP contribution in [0.3, 0.4) is 0 Å². The van der Waals surface area contributed by atoms with Crippen LogP contribution in [0.4, 0.5) is 0 Å². The minimum Gasteiger partial charge on any atom is -0.378 e. The average Bonchev–Trinajstić information content (AvgIpc) is 2.86. The lowest BCUT2D eigenvalue weighted by Crippen LogP contribution is -2.26. The molecule has 2 rings (SSSR count). The zero-order chi connectivity index (χ0) is 13.5. The second kappa shape index (κ2) is 7.28. The third-order valence-electron chi connectivity index (χ3n) is 3.48. The van der Waals surface area contributed by atoms with Crippen molar-refractivity contribution >= 4 is 5.91 Å². The van der Waals surface area contributed by atoms with E-state index < -0.39 is 0 Å². The second-order valence-corrected chi connectivity index (χ2v) is 5.14. The van der Waals surface area contributed by atoms with E-state index in [0.717, 1.165) is 13.0 Å². The van der Waals surface area contributed by atoms with E-state index in [1.807, 2.05) is 0 Å². The van der Waals surface area contributed by atoms with Crippen molar-refractivity contribution in [3.05, 3.63) is 18.0 Å². The summed E-state index contributed by atoms with van der Waals surface area (Å²) >= 11 is 0. The molecule has 5 nitrogen and oxygen atoms in total. The van der Waals surface area contributed by atoms with Crippen LogP contribution in [0.1, 0.15) is 48.9 Å². The van der Waals surface area contributed by atoms with Gasteiger partial charge in [-0.2, -0.15) is 5.10 Å². The molecule has 1 heterocycles. The molecule has 1 aromatic heterocycles. The SMILES string of the molecule is Cn1cc(C(=O)NCCCOC2CCCCC2)cn1. The van der Waals surface area contributed by atoms with Gasteiger partial charge in [-0.05, 0) is 19.3 Å². The van der Waals surface area contributed by atoms with Crippen molar-refractivity contribution in [3.63, 3.8) is 0 Å². The molecule has 1 saturated carbocycles. The second-order valence-electron chi connectivity index (χ2n) is 5.14. The molecule has 1 amide bonds. The fourth-order valence-corrected chi connectivity index (χ4v) is 2.40. The molecule has 1 aliphatic rings. The molecule has 0 aliphatic heterocycles. The first-order valence-electron chi connectivity index (χ1n) is 7.14. The van der Waals surface area contributed by atoms with E-state index in [1.54, 1.807) is 24.1 Å². The first-order valence-corrected chi connectivity index (χ1v) is 7.14. The van der Waals surface area contributed by atoms with Gasteiger partial charge in [-0.25, -0.2) is 0 Å². The molecule has 1 aliphatic carbocycles. The van der Waals surface area contributed by atoms with E-state index in [1.165, 1.54) is 32.1 Å². The molecule has 106 valence electrons. The average molecular weight is 265 g/mol. The lowest BCUT2D eigenvalue weighted by molar-refractivity contribution is 0.0273. The van der Waals surface area contributed by atoms with Crippen molar-refractivity contribution in [3.8, 4) is 0 Å². The minimum absolute atomic E-state index is 0.0641. The van der Waals surface area contributed by atoms with Crippen LogP contribution in [0.2, 0.25) is 0 Å². The molecule has 19 heavy (non-hydrogen) atoms. The van der Waals surface area contributed by atoms with Crippen LogP contribution < -0.4 is 5.32 Å². The van der Waals surface area contributed by atoms with Crippen molar-refractivity contribution in [2.24, 2.45) is 7.05 Å². The molecule has 0 unspecified atom stereocenters. The molecule has 0 spiro atoms. The molecule has 1 fully saturated rings. The van der Waals surface area contributed by atoms with Gasteiger partial charge in [0, 0.05) is 26.4 Å². The maximum absolute atomic E-state index is 11.7. The molecule has 5 heteroatoms. The van der Waals surface area contributed by atoms with Gasteiger partial charge < -0.3 is 10.1 Å². The van der Waals surface area contributed by atoms with Crippen molar-refractivity contribution < 1.29 is 9.53 Å². The fourth-order valence-electron chi connectivity index (χ4n) is 2.40. The molecular weight excluding hydrogens is 242 g/mol. The Bertz CT molecular complexity index is 397. The maximum Gasteiger partial charge on any atom is 0.254 e. The van der Waals surface area contributed by atoms with Crippen LogP contribution in [0.15, 0.2) is 12.4 Å². The van der Waals surface area contributed by atoms with Crippen LogP contribution in [-0.2, 0) is 11.8 Å². The summed E-state index contributed by atoms with van der Waals surface area (Å²) in [5.74, 6) is -0.0641. The Hall–Kier alpha value is -1.36. The summed E-state index contributed by atoms with van der Waals surface area (Å²) in [4.78, 5) is 11.7. The van der Waals surface area contributed by atoms with Crippen LogP contribution in [-0.4, -0.2) is 34.9 Å². The number of hydrogen-bond donors (Lipinski definition) is 1. The van der Waals surface area contributed by atoms with Crippen molar-refractivity contribution in [2.75, 3.05) is 13.2 Å². The van der Waals surface area contributed by atoms with Crippen LogP contribution in [0.5, 0.6) is 0 Å². The van der Waals surface area contributed by atoms with Crippen molar-refractivity contribution in [1.29, 1.82) is 0 Å². The third kappa shape index (κ3) is 4.67. The molecule has 0 radical (unpaired) electrons. The van der Waals surface area contributed by atoms with E-state index in [0.29, 0.717) is 18.2 Å². The summed E-state index contributed by atoms with van der Waals surface area (Å²) in [6.07, 6.45) is 10.9. The minimum atomic E-state index is -0.0641. The van der Waals surface area contributed by atoms with E-state index in [2.05, 4.69) is 10.4 Å². The lowest BCUT2D eigenvalue weighted by atomic mass is 9.98. The van der Waals surface area contributed by atoms with Crippen molar-refractivity contribution in [1.82, 2.24) is 15.1 Å². The van der Waals surface area contributed by atoms with Crippen LogP contribution in [0.25, 0.3) is 0 Å². The van der Waals surface area contributed by atoms with E-state index in [-0.39, 0.29) is 5.91 Å². The Labute approximate surface area is 114 Å². The standard InChI is InChI=1S/C14H23N3O2/c1-17-11-12(10-16-17)14(18)15-8-5-9-19-13-6-3-2-4-7-13/h10-11,13H,2-9H2,1H3,(H,15,18). The van der Waals surface area contributed by atoms with Gasteiger partial charge in [0.2, 0.25) is 0 Å². The fraction of sp³-hybridized carbons (Fsp3) is 0.714. The van der Waals surface area contributed by atoms with E-state index in [9.17, 15) is 4.79 Å². The highest BCUT2D eigenvalue weighted by molar-refractivity contribution is 5.93. The van der Waals surface area contributed by atoms with Crippen LogP contribution >= 0.6 is 0 Å². The maximum atomic E-state index is 11.7. The van der Waals surface area contributed by atoms with Gasteiger partial charge in [0.1, 0.15) is 0 Å². The van der Waals surface area contributed by atoms with Crippen molar-refractivity contribution in [2.45, 2.75) is 44.6 Å². The highest BCUT2D eigenvalue weighted by atomic mass is 16.5. The zero-order valence-electron chi connectivity index (χ0n) is 11.6. The number of rotatable bonds is 6. The molecule has 0 bridgehead atoms. The first kappa shape index (κ1) is 14.1. The predicted octanol–water partition coefficient (Wildman–Crippen LogP) is 1.89. The number of amides is 1. The molecule has 1 aromatic rings. The molecular formula is C14H23N3O2. The Morgan fingerprint density at radius 1 is 1.47 bits per heavy atom. The number of aromatic nitrogens is 2. The molecule has 0 saturated heterocycles. The van der Waals surface area contributed by atoms with E-state index in [4.69, 9.17) is 4.74 Å². The van der Waals surface area contributed by atoms with Gasteiger partial charge in [0.15, 0.2) is 0 Å². The monoisotopic (exact) mass is 265 g/mol. The number of carbonyl (C=O) groups excluding carboxylic acids is 1. The number of hydrogen-bond acceptors (Lipinski definition) is 3. The molecule has 0 atom stereocenters. The highest BCUT2D eigenvalue weighted by Gasteiger charge is 2.13. The normalized spacial score (nSPS) is 16.5. The molecule has 1 N–H and O–H groups in total. The lowest BCUT2D eigenvalue weighted by Gasteiger charge is -2.21. The number of ether oxygens (including phenoxy) is 1. The predicted molar refractivity (Wildman–Crippen MR) is 73.0 cm³/mol. The number of nitrogens with one attached hydrogen (secondary N) is 1. The third-order valence-corrected chi connectivity index (χ3v) is 3.48.